The zero-order valence-corrected chi connectivity index (χ0v) is 12.7. The van der Waals surface area contributed by atoms with E-state index in [1.165, 1.54) is 23.6 Å². The van der Waals surface area contributed by atoms with Gasteiger partial charge in [-0.15, -0.1) is 0 Å². The lowest BCUT2D eigenvalue weighted by Gasteiger charge is -2.02. The van der Waals surface area contributed by atoms with Gasteiger partial charge in [0.25, 0.3) is 5.35 Å². The Bertz CT molecular complexity index is 753. The Balaban J connectivity index is 0.000000186. The zero-order chi connectivity index (χ0) is 14.8. The fourth-order valence-electron chi connectivity index (χ4n) is 2.05. The first-order valence-corrected chi connectivity index (χ1v) is 6.98. The quantitative estimate of drug-likeness (QED) is 0.501. The van der Waals surface area contributed by atoms with E-state index in [0.717, 1.165) is 21.9 Å². The van der Waals surface area contributed by atoms with Crippen LogP contribution in [0.1, 0.15) is 0 Å². The van der Waals surface area contributed by atoms with Crippen LogP contribution in [-0.2, 0) is 0 Å². The number of hydrogen-bond acceptors (Lipinski definition) is 3. The molecule has 0 radical (unpaired) electrons. The Kier molecular flexibility index (Phi) is 3.86. The van der Waals surface area contributed by atoms with Crippen LogP contribution < -0.4 is 4.74 Å². The van der Waals surface area contributed by atoms with Gasteiger partial charge in [-0.1, -0.05) is 23.7 Å². The average Bonchev–Trinajstić information content (AvgIpc) is 2.92. The third kappa shape index (κ3) is 3.04. The summed E-state index contributed by atoms with van der Waals surface area (Å²) in [4.78, 5) is 3.52. The van der Waals surface area contributed by atoms with Crippen LogP contribution in [0.3, 0.4) is 0 Å². The van der Waals surface area contributed by atoms with E-state index in [1.54, 1.807) is 7.11 Å². The largest absolute Gasteiger partial charge is 0.497 e. The highest BCUT2D eigenvalue weighted by Gasteiger charge is 2.22. The van der Waals surface area contributed by atoms with Gasteiger partial charge in [-0.05, 0) is 52.6 Å². The van der Waals surface area contributed by atoms with Crippen molar-refractivity contribution in [2.45, 2.75) is 0 Å². The van der Waals surface area contributed by atoms with Crippen molar-refractivity contribution >= 4 is 23.2 Å². The molecule has 0 N–H and O–H groups in total. The molecule has 4 rings (SSSR count). The van der Waals surface area contributed by atoms with Crippen LogP contribution >= 0.6 is 23.2 Å². The molecule has 0 amide bonds. The number of halogens is 2. The predicted octanol–water partition coefficient (Wildman–Crippen LogP) is 5.32. The van der Waals surface area contributed by atoms with Gasteiger partial charge in [-0.2, -0.15) is 0 Å². The molecule has 106 valence electrons. The smallest absolute Gasteiger partial charge is 0.291 e. The maximum absolute atomic E-state index is 6.14. The third-order valence-corrected chi connectivity index (χ3v) is 3.58. The molecular weight excluding hydrogens is 309 g/mol. The Morgan fingerprint density at radius 3 is 2.24 bits per heavy atom. The summed E-state index contributed by atoms with van der Waals surface area (Å²) in [5.41, 5.74) is 4.85. The van der Waals surface area contributed by atoms with Crippen molar-refractivity contribution in [1.82, 2.24) is 4.98 Å². The Hall–Kier alpha value is -1.97. The summed E-state index contributed by atoms with van der Waals surface area (Å²) in [6, 6.07) is 12.1. The lowest BCUT2D eigenvalue weighted by molar-refractivity contribution is 0.415. The summed E-state index contributed by atoms with van der Waals surface area (Å²) in [6.45, 7) is 0. The maximum atomic E-state index is 6.14. The number of aromatic nitrogens is 1. The van der Waals surface area contributed by atoms with Gasteiger partial charge in [-0.25, -0.2) is 4.98 Å². The number of nitrogens with zero attached hydrogens (tertiary/aromatic N) is 1. The first-order valence-electron chi connectivity index (χ1n) is 6.22. The second kappa shape index (κ2) is 5.80. The minimum Gasteiger partial charge on any atom is -0.497 e. The van der Waals surface area contributed by atoms with Gasteiger partial charge in [0.15, 0.2) is 0 Å². The first-order chi connectivity index (χ1) is 10.2. The van der Waals surface area contributed by atoms with Crippen molar-refractivity contribution in [3.63, 3.8) is 0 Å². The number of ether oxygens (including phenoxy) is 1. The topological polar surface area (TPSA) is 35.3 Å². The van der Waals surface area contributed by atoms with Gasteiger partial charge in [0, 0.05) is 10.6 Å². The highest BCUT2D eigenvalue weighted by atomic mass is 35.5. The summed E-state index contributed by atoms with van der Waals surface area (Å²) < 4.78 is 9.61. The molecule has 0 spiro atoms. The number of rotatable bonds is 2. The minimum atomic E-state index is 0.190. The molecule has 21 heavy (non-hydrogen) atoms. The second-order valence-corrected chi connectivity index (χ2v) is 5.12. The van der Waals surface area contributed by atoms with E-state index in [1.807, 2.05) is 30.3 Å². The van der Waals surface area contributed by atoms with E-state index < -0.39 is 0 Å². The number of hydrogen-bond donors (Lipinski definition) is 0. The first kappa shape index (κ1) is 14.0. The van der Waals surface area contributed by atoms with E-state index in [0.29, 0.717) is 0 Å². The van der Waals surface area contributed by atoms with E-state index in [4.69, 9.17) is 27.9 Å². The van der Waals surface area contributed by atoms with Gasteiger partial charge < -0.3 is 9.15 Å². The second-order valence-electron chi connectivity index (χ2n) is 4.39. The van der Waals surface area contributed by atoms with Crippen molar-refractivity contribution in [2.24, 2.45) is 0 Å². The monoisotopic (exact) mass is 319 g/mol. The van der Waals surface area contributed by atoms with Crippen LogP contribution in [0.5, 0.6) is 5.75 Å². The molecule has 0 bridgehead atoms. The molecular formula is C16H11Cl2NO2. The van der Waals surface area contributed by atoms with Crippen LogP contribution in [0.2, 0.25) is 10.4 Å². The maximum Gasteiger partial charge on any atom is 0.291 e. The summed E-state index contributed by atoms with van der Waals surface area (Å²) in [6.07, 6.45) is 2.91. The van der Waals surface area contributed by atoms with Crippen LogP contribution in [0.25, 0.3) is 22.3 Å². The lowest BCUT2D eigenvalue weighted by atomic mass is 10.1. The molecule has 0 atom stereocenters. The van der Waals surface area contributed by atoms with Crippen molar-refractivity contribution < 1.29 is 9.15 Å². The number of methoxy groups -OCH3 is 1. The van der Waals surface area contributed by atoms with E-state index in [2.05, 4.69) is 15.5 Å². The van der Waals surface area contributed by atoms with Crippen LogP contribution in [0, 0.1) is 0 Å². The zero-order valence-electron chi connectivity index (χ0n) is 11.1. The Morgan fingerprint density at radius 1 is 1.05 bits per heavy atom. The van der Waals surface area contributed by atoms with Gasteiger partial charge in [0.2, 0.25) is 0 Å². The normalized spacial score (nSPS) is 10.6. The predicted molar refractivity (Wildman–Crippen MR) is 83.9 cm³/mol. The molecule has 5 heteroatoms. The number of oxazole rings is 1. The average molecular weight is 320 g/mol. The van der Waals surface area contributed by atoms with E-state index >= 15 is 0 Å². The molecule has 0 saturated heterocycles. The van der Waals surface area contributed by atoms with Crippen LogP contribution in [0.4, 0.5) is 0 Å². The van der Waals surface area contributed by atoms with Gasteiger partial charge in [0.05, 0.1) is 13.3 Å². The summed E-state index contributed by atoms with van der Waals surface area (Å²) in [5.74, 6) is 0.867. The molecule has 0 unspecified atom stereocenters. The molecule has 1 aromatic carbocycles. The van der Waals surface area contributed by atoms with Crippen LogP contribution in [0.15, 0.2) is 53.3 Å². The molecule has 0 aliphatic heterocycles. The van der Waals surface area contributed by atoms with Gasteiger partial charge in [-0.3, -0.25) is 0 Å². The van der Waals surface area contributed by atoms with Crippen molar-refractivity contribution in [3.8, 4) is 28.0 Å². The molecule has 0 fully saturated rings. The molecule has 3 nitrogen and oxygen atoms in total. The molecule has 1 aromatic heterocycles. The van der Waals surface area contributed by atoms with Gasteiger partial charge in [0.1, 0.15) is 12.0 Å². The fraction of sp³-hybridized carbons (Fsp3) is 0.0625. The third-order valence-electron chi connectivity index (χ3n) is 3.10. The molecule has 1 heterocycles. The van der Waals surface area contributed by atoms with Crippen molar-refractivity contribution in [3.05, 3.63) is 59.2 Å². The summed E-state index contributed by atoms with van der Waals surface area (Å²) >= 11 is 11.3. The fourth-order valence-corrected chi connectivity index (χ4v) is 2.49. The van der Waals surface area contributed by atoms with Gasteiger partial charge >= 0.3 is 0 Å². The summed E-state index contributed by atoms with van der Waals surface area (Å²) in [7, 11) is 1.67. The molecule has 2 aliphatic carbocycles. The highest BCUT2D eigenvalue weighted by Crippen LogP contribution is 2.49. The van der Waals surface area contributed by atoms with E-state index in [-0.39, 0.29) is 5.35 Å². The lowest BCUT2D eigenvalue weighted by Crippen LogP contribution is -1.82. The number of benzene rings is 2. The Labute approximate surface area is 132 Å². The SMILES string of the molecule is COc1ccc(-c2c(Cl)cc3cc2-3)cc1.Clc1ncco1. The number of fused-ring (bicyclic) bond motifs is 1. The standard InChI is InChI=1S/C13H9ClO.C3H2ClNO/c1-15-10-4-2-8(3-5-10)13-11-6-9(11)7-12(13)14;4-3-5-1-2-6-3/h2-7H,1H3;1-2H. The molecule has 2 aliphatic rings. The minimum absolute atomic E-state index is 0.190. The Morgan fingerprint density at radius 2 is 1.81 bits per heavy atom. The van der Waals surface area contributed by atoms with Crippen molar-refractivity contribution in [2.75, 3.05) is 7.11 Å². The van der Waals surface area contributed by atoms with E-state index in [9.17, 15) is 0 Å². The van der Waals surface area contributed by atoms with Crippen molar-refractivity contribution in [1.29, 1.82) is 0 Å². The molecule has 2 aromatic rings. The molecule has 0 saturated carbocycles. The van der Waals surface area contributed by atoms with Crippen LogP contribution in [-0.4, -0.2) is 12.1 Å². The highest BCUT2D eigenvalue weighted by molar-refractivity contribution is 6.36. The summed E-state index contributed by atoms with van der Waals surface area (Å²) in [5, 5.41) is 1.03.